The molecule has 2 rings (SSSR count). The zero-order valence-electron chi connectivity index (χ0n) is 12.5. The highest BCUT2D eigenvalue weighted by Crippen LogP contribution is 2.40. The molecule has 1 aromatic rings. The van der Waals surface area contributed by atoms with Crippen LogP contribution < -0.4 is 14.8 Å². The van der Waals surface area contributed by atoms with E-state index in [2.05, 4.69) is 17.4 Å². The van der Waals surface area contributed by atoms with E-state index < -0.39 is 0 Å². The molecule has 1 aliphatic carbocycles. The molecule has 0 radical (unpaired) electrons. The number of nitrogens with one attached hydrogen (secondary N) is 1. The lowest BCUT2D eigenvalue weighted by molar-refractivity contribution is -0.121. The Morgan fingerprint density at radius 1 is 1.30 bits per heavy atom. The van der Waals surface area contributed by atoms with Crippen LogP contribution in [0.5, 0.6) is 11.5 Å². The van der Waals surface area contributed by atoms with Crippen LogP contribution in [0.2, 0.25) is 0 Å². The first kappa shape index (κ1) is 14.7. The van der Waals surface area contributed by atoms with E-state index in [1.165, 1.54) is 11.1 Å². The summed E-state index contributed by atoms with van der Waals surface area (Å²) in [6.45, 7) is 2.73. The molecule has 0 saturated carbocycles. The van der Waals surface area contributed by atoms with Crippen molar-refractivity contribution in [3.8, 4) is 11.5 Å². The van der Waals surface area contributed by atoms with Gasteiger partial charge in [-0.05, 0) is 42.5 Å². The second kappa shape index (κ2) is 6.64. The van der Waals surface area contributed by atoms with Crippen molar-refractivity contribution in [2.75, 3.05) is 20.8 Å². The Bertz CT molecular complexity index is 485. The first-order valence-corrected chi connectivity index (χ1v) is 7.21. The number of amides is 1. The minimum absolute atomic E-state index is 0.140. The molecular formula is C16H23NO3. The van der Waals surface area contributed by atoms with Gasteiger partial charge in [0.2, 0.25) is 5.91 Å². The Morgan fingerprint density at radius 3 is 2.65 bits per heavy atom. The number of fused-ring (bicyclic) bond motifs is 1. The molecule has 0 spiro atoms. The third-order valence-corrected chi connectivity index (χ3v) is 3.87. The van der Waals surface area contributed by atoms with Crippen LogP contribution in [0.1, 0.15) is 43.2 Å². The van der Waals surface area contributed by atoms with E-state index in [-0.39, 0.29) is 5.91 Å². The first-order chi connectivity index (χ1) is 9.69. The van der Waals surface area contributed by atoms with Gasteiger partial charge in [0, 0.05) is 18.9 Å². The smallest absolute Gasteiger partial charge is 0.220 e. The van der Waals surface area contributed by atoms with E-state index in [9.17, 15) is 4.79 Å². The quantitative estimate of drug-likeness (QED) is 0.869. The fourth-order valence-corrected chi connectivity index (χ4v) is 2.78. The first-order valence-electron chi connectivity index (χ1n) is 7.21. The fourth-order valence-electron chi connectivity index (χ4n) is 2.78. The second-order valence-electron chi connectivity index (χ2n) is 5.20. The predicted molar refractivity (Wildman–Crippen MR) is 78.5 cm³/mol. The normalized spacial score (nSPS) is 16.6. The van der Waals surface area contributed by atoms with Gasteiger partial charge < -0.3 is 14.8 Å². The molecule has 0 saturated heterocycles. The summed E-state index contributed by atoms with van der Waals surface area (Å²) in [6, 6.07) is 4.11. The molecule has 1 N–H and O–H groups in total. The van der Waals surface area contributed by atoms with Crippen LogP contribution in [0.15, 0.2) is 12.1 Å². The highest BCUT2D eigenvalue weighted by atomic mass is 16.5. The van der Waals surface area contributed by atoms with E-state index in [0.717, 1.165) is 30.8 Å². The van der Waals surface area contributed by atoms with Crippen molar-refractivity contribution in [2.24, 2.45) is 0 Å². The Labute approximate surface area is 120 Å². The van der Waals surface area contributed by atoms with Crippen LogP contribution in [0.25, 0.3) is 0 Å². The zero-order chi connectivity index (χ0) is 14.5. The topological polar surface area (TPSA) is 47.6 Å². The second-order valence-corrected chi connectivity index (χ2v) is 5.20. The number of ether oxygens (including phenoxy) is 2. The van der Waals surface area contributed by atoms with Gasteiger partial charge in [-0.3, -0.25) is 4.79 Å². The molecule has 0 heterocycles. The molecule has 1 unspecified atom stereocenters. The van der Waals surface area contributed by atoms with Gasteiger partial charge in [-0.15, -0.1) is 0 Å². The molecule has 4 heteroatoms. The molecule has 0 aromatic heterocycles. The summed E-state index contributed by atoms with van der Waals surface area (Å²) in [4.78, 5) is 11.6. The molecule has 4 nitrogen and oxygen atoms in total. The average Bonchev–Trinajstić information content (AvgIpc) is 2.86. The lowest BCUT2D eigenvalue weighted by Gasteiger charge is -2.15. The zero-order valence-corrected chi connectivity index (χ0v) is 12.5. The molecule has 0 fully saturated rings. The van der Waals surface area contributed by atoms with Gasteiger partial charge >= 0.3 is 0 Å². The van der Waals surface area contributed by atoms with Crippen LogP contribution in [0.3, 0.4) is 0 Å². The maximum absolute atomic E-state index is 11.6. The molecule has 0 bridgehead atoms. The van der Waals surface area contributed by atoms with Crippen molar-refractivity contribution in [3.05, 3.63) is 23.3 Å². The highest BCUT2D eigenvalue weighted by molar-refractivity contribution is 5.75. The summed E-state index contributed by atoms with van der Waals surface area (Å²) in [5, 5.41) is 3.02. The van der Waals surface area contributed by atoms with E-state index in [4.69, 9.17) is 9.47 Å². The highest BCUT2D eigenvalue weighted by Gasteiger charge is 2.25. The minimum Gasteiger partial charge on any atom is -0.493 e. The van der Waals surface area contributed by atoms with Gasteiger partial charge in [-0.1, -0.05) is 6.92 Å². The van der Waals surface area contributed by atoms with Crippen molar-refractivity contribution in [1.29, 1.82) is 0 Å². The largest absolute Gasteiger partial charge is 0.493 e. The number of hydrogen-bond donors (Lipinski definition) is 1. The Kier molecular flexibility index (Phi) is 4.88. The van der Waals surface area contributed by atoms with Crippen LogP contribution in [0, 0.1) is 0 Å². The predicted octanol–water partition coefficient (Wildman–Crippen LogP) is 2.65. The molecule has 0 aliphatic heterocycles. The maximum atomic E-state index is 11.6. The van der Waals surface area contributed by atoms with Crippen molar-refractivity contribution in [2.45, 2.75) is 38.5 Å². The summed E-state index contributed by atoms with van der Waals surface area (Å²) < 4.78 is 10.7. The van der Waals surface area contributed by atoms with Gasteiger partial charge in [0.1, 0.15) is 0 Å². The number of rotatable bonds is 6. The van der Waals surface area contributed by atoms with Crippen LogP contribution in [-0.2, 0) is 11.2 Å². The fraction of sp³-hybridized carbons (Fsp3) is 0.562. The number of carbonyl (C=O) groups is 1. The molecule has 1 atom stereocenters. The summed E-state index contributed by atoms with van der Waals surface area (Å²) in [5.74, 6) is 2.06. The lowest BCUT2D eigenvalue weighted by atomic mass is 10.0. The molecular weight excluding hydrogens is 254 g/mol. The van der Waals surface area contributed by atoms with E-state index in [1.54, 1.807) is 14.2 Å². The summed E-state index contributed by atoms with van der Waals surface area (Å²) in [7, 11) is 3.30. The molecule has 110 valence electrons. The standard InChI is InChI=1S/C16H23NO3/c1-4-5-16(18)17-10-12-7-6-11-8-14(19-2)15(20-3)9-13(11)12/h8-9,12H,4-7,10H2,1-3H3,(H,17,18). The van der Waals surface area contributed by atoms with Crippen molar-refractivity contribution < 1.29 is 14.3 Å². The minimum atomic E-state index is 0.140. The number of aryl methyl sites for hydroxylation is 1. The lowest BCUT2D eigenvalue weighted by Crippen LogP contribution is -2.27. The molecule has 1 amide bonds. The Hall–Kier alpha value is -1.71. The molecule has 20 heavy (non-hydrogen) atoms. The summed E-state index contributed by atoms with van der Waals surface area (Å²) in [6.07, 6.45) is 3.59. The van der Waals surface area contributed by atoms with Crippen LogP contribution >= 0.6 is 0 Å². The third kappa shape index (κ3) is 3.06. The van der Waals surface area contributed by atoms with Gasteiger partial charge in [0.05, 0.1) is 14.2 Å². The SMILES string of the molecule is CCCC(=O)NCC1CCc2cc(OC)c(OC)cc21. The van der Waals surface area contributed by atoms with Gasteiger partial charge in [0.15, 0.2) is 11.5 Å². The summed E-state index contributed by atoms with van der Waals surface area (Å²) in [5.41, 5.74) is 2.58. The number of methoxy groups -OCH3 is 2. The van der Waals surface area contributed by atoms with E-state index in [0.29, 0.717) is 18.9 Å². The Balaban J connectivity index is 2.09. The van der Waals surface area contributed by atoms with Gasteiger partial charge in [-0.25, -0.2) is 0 Å². The van der Waals surface area contributed by atoms with Crippen molar-refractivity contribution in [1.82, 2.24) is 5.32 Å². The van der Waals surface area contributed by atoms with Crippen LogP contribution in [-0.4, -0.2) is 26.7 Å². The van der Waals surface area contributed by atoms with E-state index in [1.807, 2.05) is 6.92 Å². The summed E-state index contributed by atoms with van der Waals surface area (Å²) >= 11 is 0. The average molecular weight is 277 g/mol. The van der Waals surface area contributed by atoms with Gasteiger partial charge in [-0.2, -0.15) is 0 Å². The number of benzene rings is 1. The van der Waals surface area contributed by atoms with Crippen molar-refractivity contribution in [3.63, 3.8) is 0 Å². The van der Waals surface area contributed by atoms with Gasteiger partial charge in [0.25, 0.3) is 0 Å². The Morgan fingerprint density at radius 2 is 2.00 bits per heavy atom. The van der Waals surface area contributed by atoms with Crippen LogP contribution in [0.4, 0.5) is 0 Å². The number of carbonyl (C=O) groups excluding carboxylic acids is 1. The monoisotopic (exact) mass is 277 g/mol. The third-order valence-electron chi connectivity index (χ3n) is 3.87. The molecule has 1 aliphatic rings. The van der Waals surface area contributed by atoms with Crippen molar-refractivity contribution >= 4 is 5.91 Å². The molecule has 1 aromatic carbocycles. The maximum Gasteiger partial charge on any atom is 0.220 e. The van der Waals surface area contributed by atoms with E-state index >= 15 is 0 Å². The number of hydrogen-bond acceptors (Lipinski definition) is 3.